The molecule has 0 N–H and O–H groups in total. The molecule has 0 radical (unpaired) electrons. The summed E-state index contributed by atoms with van der Waals surface area (Å²) in [7, 11) is 1.59. The van der Waals surface area contributed by atoms with Gasteiger partial charge in [-0.25, -0.2) is 0 Å². The third-order valence-electron chi connectivity index (χ3n) is 2.69. The number of ether oxygens (including phenoxy) is 1. The zero-order valence-corrected chi connectivity index (χ0v) is 10.3. The highest BCUT2D eigenvalue weighted by Gasteiger charge is 2.40. The lowest BCUT2D eigenvalue weighted by atomic mass is 9.82. The maximum Gasteiger partial charge on any atom is 0.173 e. The molecule has 0 aliphatic heterocycles. The van der Waals surface area contributed by atoms with E-state index in [1.807, 2.05) is 25.2 Å². The second-order valence-electron chi connectivity index (χ2n) is 5.31. The van der Waals surface area contributed by atoms with Crippen molar-refractivity contribution in [2.24, 2.45) is 5.41 Å². The molecule has 0 fully saturated rings. The van der Waals surface area contributed by atoms with Crippen LogP contribution in [-0.2, 0) is 9.53 Å². The minimum atomic E-state index is -0.798. The number of Topliss-reactive ketones (excluding diaryl/α,β-unsaturated/α-hetero) is 1. The second-order valence-corrected chi connectivity index (χ2v) is 5.31. The van der Waals surface area contributed by atoms with E-state index in [4.69, 9.17) is 4.74 Å². The summed E-state index contributed by atoms with van der Waals surface area (Å²) in [4.78, 5) is 12.2. The minimum absolute atomic E-state index is 0.000671. The van der Waals surface area contributed by atoms with Gasteiger partial charge < -0.3 is 4.74 Å². The van der Waals surface area contributed by atoms with Gasteiger partial charge in [-0.3, -0.25) is 4.79 Å². The van der Waals surface area contributed by atoms with Gasteiger partial charge in [0.1, 0.15) is 0 Å². The molecule has 0 heterocycles. The van der Waals surface area contributed by atoms with E-state index in [0.717, 1.165) is 5.57 Å². The van der Waals surface area contributed by atoms with Gasteiger partial charge in [-0.05, 0) is 24.0 Å². The van der Waals surface area contributed by atoms with E-state index in [2.05, 4.69) is 20.8 Å². The zero-order chi connectivity index (χ0) is 11.7. The molecule has 1 aliphatic carbocycles. The van der Waals surface area contributed by atoms with Crippen LogP contribution in [0.25, 0.3) is 0 Å². The summed E-state index contributed by atoms with van der Waals surface area (Å²) in [6.45, 7) is 8.12. The summed E-state index contributed by atoms with van der Waals surface area (Å²) in [6.07, 6.45) is 6.19. The lowest BCUT2D eigenvalue weighted by Crippen LogP contribution is -2.40. The number of hydrogen-bond acceptors (Lipinski definition) is 2. The van der Waals surface area contributed by atoms with Crippen molar-refractivity contribution < 1.29 is 9.53 Å². The van der Waals surface area contributed by atoms with E-state index < -0.39 is 5.60 Å². The number of hydrogen-bond donors (Lipinski definition) is 0. The maximum absolute atomic E-state index is 12.2. The molecule has 1 unspecified atom stereocenters. The van der Waals surface area contributed by atoms with E-state index in [0.29, 0.717) is 6.42 Å². The SMILES string of the molecule is COC1(C(=O)CC(C)(C)C)C=CC=C1C. The van der Waals surface area contributed by atoms with Crippen molar-refractivity contribution in [1.82, 2.24) is 0 Å². The quantitative estimate of drug-likeness (QED) is 0.713. The van der Waals surface area contributed by atoms with Crippen molar-refractivity contribution in [1.29, 1.82) is 0 Å². The summed E-state index contributed by atoms with van der Waals surface area (Å²) < 4.78 is 5.41. The van der Waals surface area contributed by atoms with E-state index in [1.54, 1.807) is 7.11 Å². The van der Waals surface area contributed by atoms with Gasteiger partial charge >= 0.3 is 0 Å². The Kier molecular flexibility index (Phi) is 3.19. The van der Waals surface area contributed by atoms with Gasteiger partial charge in [0, 0.05) is 13.5 Å². The Bertz CT molecular complexity index is 318. The molecule has 0 amide bonds. The van der Waals surface area contributed by atoms with Crippen LogP contribution in [0, 0.1) is 5.41 Å². The Balaban J connectivity index is 2.90. The third kappa shape index (κ3) is 2.37. The van der Waals surface area contributed by atoms with Crippen LogP contribution in [0.2, 0.25) is 0 Å². The lowest BCUT2D eigenvalue weighted by molar-refractivity contribution is -0.134. The Morgan fingerprint density at radius 2 is 2.07 bits per heavy atom. The van der Waals surface area contributed by atoms with Crippen molar-refractivity contribution in [2.45, 2.75) is 39.7 Å². The van der Waals surface area contributed by atoms with Crippen molar-refractivity contribution in [3.8, 4) is 0 Å². The Labute approximate surface area is 92.0 Å². The Hall–Kier alpha value is -0.890. The van der Waals surface area contributed by atoms with Crippen LogP contribution in [0.5, 0.6) is 0 Å². The molecule has 0 spiro atoms. The highest BCUT2D eigenvalue weighted by Crippen LogP contribution is 2.33. The molecule has 2 nitrogen and oxygen atoms in total. The average molecular weight is 208 g/mol. The van der Waals surface area contributed by atoms with E-state index in [1.165, 1.54) is 0 Å². The first kappa shape index (κ1) is 12.2. The predicted octanol–water partition coefficient (Wildman–Crippen LogP) is 2.89. The first-order valence-corrected chi connectivity index (χ1v) is 5.27. The molecule has 1 atom stereocenters. The average Bonchev–Trinajstić information content (AvgIpc) is 2.44. The van der Waals surface area contributed by atoms with Gasteiger partial charge in [0.05, 0.1) is 0 Å². The topological polar surface area (TPSA) is 26.3 Å². The molecular formula is C13H20O2. The van der Waals surface area contributed by atoms with Crippen LogP contribution in [0.1, 0.15) is 34.1 Å². The normalized spacial score (nSPS) is 25.5. The first-order chi connectivity index (χ1) is 6.82. The van der Waals surface area contributed by atoms with Gasteiger partial charge in [0.15, 0.2) is 11.4 Å². The fraction of sp³-hybridized carbons (Fsp3) is 0.615. The smallest absolute Gasteiger partial charge is 0.173 e. The molecule has 0 aromatic rings. The van der Waals surface area contributed by atoms with Gasteiger partial charge in [-0.2, -0.15) is 0 Å². The summed E-state index contributed by atoms with van der Waals surface area (Å²) in [5.41, 5.74) is 0.173. The van der Waals surface area contributed by atoms with Gasteiger partial charge in [0.25, 0.3) is 0 Å². The molecule has 0 aromatic heterocycles. The molecule has 1 aliphatic rings. The maximum atomic E-state index is 12.2. The first-order valence-electron chi connectivity index (χ1n) is 5.27. The third-order valence-corrected chi connectivity index (χ3v) is 2.69. The van der Waals surface area contributed by atoms with Gasteiger partial charge in [-0.1, -0.05) is 32.9 Å². The number of allylic oxidation sites excluding steroid dienone is 2. The lowest BCUT2D eigenvalue weighted by Gasteiger charge is -2.29. The van der Waals surface area contributed by atoms with Crippen LogP contribution in [0.4, 0.5) is 0 Å². The minimum Gasteiger partial charge on any atom is -0.362 e. The Morgan fingerprint density at radius 3 is 2.40 bits per heavy atom. The molecular weight excluding hydrogens is 188 g/mol. The second kappa shape index (κ2) is 3.93. The highest BCUT2D eigenvalue weighted by atomic mass is 16.5. The van der Waals surface area contributed by atoms with E-state index >= 15 is 0 Å². The van der Waals surface area contributed by atoms with Crippen LogP contribution < -0.4 is 0 Å². The molecule has 1 rings (SSSR count). The van der Waals surface area contributed by atoms with Gasteiger partial charge in [0.2, 0.25) is 0 Å². The largest absolute Gasteiger partial charge is 0.362 e. The fourth-order valence-corrected chi connectivity index (χ4v) is 1.85. The molecule has 84 valence electrons. The van der Waals surface area contributed by atoms with Crippen LogP contribution in [0.15, 0.2) is 23.8 Å². The summed E-state index contributed by atoms with van der Waals surface area (Å²) in [6, 6.07) is 0. The number of methoxy groups -OCH3 is 1. The molecule has 0 saturated heterocycles. The van der Waals surface area contributed by atoms with Crippen LogP contribution in [-0.4, -0.2) is 18.5 Å². The Morgan fingerprint density at radius 1 is 1.47 bits per heavy atom. The molecule has 15 heavy (non-hydrogen) atoms. The van der Waals surface area contributed by atoms with Crippen LogP contribution in [0.3, 0.4) is 0 Å². The van der Waals surface area contributed by atoms with E-state index in [-0.39, 0.29) is 11.2 Å². The van der Waals surface area contributed by atoms with Crippen molar-refractivity contribution in [2.75, 3.05) is 7.11 Å². The summed E-state index contributed by atoms with van der Waals surface area (Å²) >= 11 is 0. The number of ketones is 1. The molecule has 2 heteroatoms. The molecule has 0 saturated carbocycles. The fourth-order valence-electron chi connectivity index (χ4n) is 1.85. The molecule has 0 aromatic carbocycles. The molecule has 0 bridgehead atoms. The number of carbonyl (C=O) groups excluding carboxylic acids is 1. The standard InChI is InChI=1S/C13H20O2/c1-10-7-6-8-13(10,15-5)11(14)9-12(2,3)4/h6-8H,9H2,1-5H3. The zero-order valence-electron chi connectivity index (χ0n) is 10.3. The number of rotatable bonds is 3. The van der Waals surface area contributed by atoms with Crippen molar-refractivity contribution in [3.05, 3.63) is 23.8 Å². The summed E-state index contributed by atoms with van der Waals surface area (Å²) in [5, 5.41) is 0. The summed E-state index contributed by atoms with van der Waals surface area (Å²) in [5.74, 6) is 0.139. The predicted molar refractivity (Wildman–Crippen MR) is 61.7 cm³/mol. The van der Waals surface area contributed by atoms with Crippen molar-refractivity contribution >= 4 is 5.78 Å². The van der Waals surface area contributed by atoms with Gasteiger partial charge in [-0.15, -0.1) is 0 Å². The highest BCUT2D eigenvalue weighted by molar-refractivity contribution is 5.94. The van der Waals surface area contributed by atoms with Crippen molar-refractivity contribution in [3.63, 3.8) is 0 Å². The monoisotopic (exact) mass is 208 g/mol. The number of carbonyl (C=O) groups is 1. The van der Waals surface area contributed by atoms with E-state index in [9.17, 15) is 4.79 Å². The van der Waals surface area contributed by atoms with Crippen LogP contribution >= 0.6 is 0 Å².